The van der Waals surface area contributed by atoms with Crippen molar-refractivity contribution in [3.8, 4) is 0 Å². The first-order valence-electron chi connectivity index (χ1n) is 10.2. The third kappa shape index (κ3) is 4.26. The first-order chi connectivity index (χ1) is 14.3. The topological polar surface area (TPSA) is 79.5 Å². The van der Waals surface area contributed by atoms with Crippen molar-refractivity contribution in [3.63, 3.8) is 0 Å². The molecule has 2 aromatic carbocycles. The molecule has 0 radical (unpaired) electrons. The molecule has 7 nitrogen and oxygen atoms in total. The van der Waals surface area contributed by atoms with Crippen molar-refractivity contribution >= 4 is 33.8 Å². The lowest BCUT2D eigenvalue weighted by Gasteiger charge is -2.27. The summed E-state index contributed by atoms with van der Waals surface area (Å²) in [6.07, 6.45) is 1.58. The zero-order valence-corrected chi connectivity index (χ0v) is 16.8. The van der Waals surface area contributed by atoms with Gasteiger partial charge in [-0.05, 0) is 18.4 Å². The Labute approximate surface area is 171 Å². The van der Waals surface area contributed by atoms with E-state index in [1.54, 1.807) is 6.33 Å². The van der Waals surface area contributed by atoms with Crippen LogP contribution in [-0.2, 0) is 4.74 Å². The Hall–Kier alpha value is -2.90. The number of ether oxygens (including phenoxy) is 1. The van der Waals surface area contributed by atoms with Crippen LogP contribution in [0, 0.1) is 0 Å². The van der Waals surface area contributed by atoms with Gasteiger partial charge in [-0.25, -0.2) is 9.97 Å². The fourth-order valence-corrected chi connectivity index (χ4v) is 3.78. The summed E-state index contributed by atoms with van der Waals surface area (Å²) in [6, 6.07) is 14.7. The summed E-state index contributed by atoms with van der Waals surface area (Å²) < 4.78 is 5.40. The molecule has 1 fully saturated rings. The molecule has 1 aliphatic heterocycles. The number of rotatable bonds is 7. The highest BCUT2D eigenvalue weighted by Crippen LogP contribution is 2.35. The van der Waals surface area contributed by atoms with Crippen LogP contribution < -0.4 is 16.0 Å². The minimum absolute atomic E-state index is 0.573. The van der Waals surface area contributed by atoms with E-state index in [1.165, 1.54) is 10.8 Å². The van der Waals surface area contributed by atoms with Crippen LogP contribution in [0.4, 0.5) is 23.0 Å². The number of anilines is 4. The molecule has 152 valence electrons. The molecule has 29 heavy (non-hydrogen) atoms. The number of benzene rings is 2. The van der Waals surface area contributed by atoms with Crippen molar-refractivity contribution in [1.82, 2.24) is 14.9 Å². The second-order valence-electron chi connectivity index (χ2n) is 7.08. The van der Waals surface area contributed by atoms with Crippen LogP contribution >= 0.6 is 0 Å². The number of nitrogens with two attached hydrogens (primary N) is 1. The summed E-state index contributed by atoms with van der Waals surface area (Å²) >= 11 is 0. The van der Waals surface area contributed by atoms with Gasteiger partial charge < -0.3 is 20.7 Å². The van der Waals surface area contributed by atoms with Crippen molar-refractivity contribution in [1.29, 1.82) is 0 Å². The van der Waals surface area contributed by atoms with E-state index in [0.29, 0.717) is 11.5 Å². The van der Waals surface area contributed by atoms with E-state index >= 15 is 0 Å². The average molecular weight is 393 g/mol. The van der Waals surface area contributed by atoms with Gasteiger partial charge in [0.15, 0.2) is 11.6 Å². The van der Waals surface area contributed by atoms with Gasteiger partial charge in [0.05, 0.1) is 18.9 Å². The van der Waals surface area contributed by atoms with Gasteiger partial charge in [-0.2, -0.15) is 0 Å². The lowest BCUT2D eigenvalue weighted by atomic mass is 10.1. The van der Waals surface area contributed by atoms with E-state index in [9.17, 15) is 0 Å². The predicted molar refractivity (Wildman–Crippen MR) is 119 cm³/mol. The molecular formula is C22H28N6O. The van der Waals surface area contributed by atoms with Crippen LogP contribution in [0.15, 0.2) is 48.8 Å². The van der Waals surface area contributed by atoms with Gasteiger partial charge in [0, 0.05) is 38.1 Å². The lowest BCUT2D eigenvalue weighted by molar-refractivity contribution is 0.0398. The van der Waals surface area contributed by atoms with E-state index in [0.717, 1.165) is 57.4 Å². The third-order valence-corrected chi connectivity index (χ3v) is 5.32. The molecule has 0 amide bonds. The summed E-state index contributed by atoms with van der Waals surface area (Å²) in [5.41, 5.74) is 8.16. The maximum atomic E-state index is 6.50. The highest BCUT2D eigenvalue weighted by molar-refractivity contribution is 5.97. The molecule has 0 atom stereocenters. The normalized spacial score (nSPS) is 14.8. The quantitative estimate of drug-likeness (QED) is 0.639. The first-order valence-corrected chi connectivity index (χ1v) is 10.2. The molecular weight excluding hydrogens is 364 g/mol. The van der Waals surface area contributed by atoms with Gasteiger partial charge in [-0.3, -0.25) is 4.90 Å². The van der Waals surface area contributed by atoms with Gasteiger partial charge >= 0.3 is 0 Å². The van der Waals surface area contributed by atoms with Gasteiger partial charge in [0.25, 0.3) is 0 Å². The number of hydrogen-bond donors (Lipinski definition) is 2. The molecule has 1 aromatic heterocycles. The largest absolute Gasteiger partial charge is 0.393 e. The van der Waals surface area contributed by atoms with E-state index < -0.39 is 0 Å². The monoisotopic (exact) mass is 392 g/mol. The molecule has 0 aliphatic carbocycles. The van der Waals surface area contributed by atoms with E-state index in [4.69, 9.17) is 10.5 Å². The van der Waals surface area contributed by atoms with Gasteiger partial charge in [0.1, 0.15) is 12.0 Å². The highest BCUT2D eigenvalue weighted by Gasteiger charge is 2.18. The molecule has 1 aliphatic rings. The Morgan fingerprint density at radius 1 is 1.10 bits per heavy atom. The SMILES string of the molecule is CCN(c1ncnc(NCCN2CCOCC2)c1N)c1cccc2ccccc12. The summed E-state index contributed by atoms with van der Waals surface area (Å²) in [5.74, 6) is 1.41. The predicted octanol–water partition coefficient (Wildman–Crippen LogP) is 3.11. The van der Waals surface area contributed by atoms with Crippen LogP contribution in [0.2, 0.25) is 0 Å². The molecule has 3 N–H and O–H groups in total. The van der Waals surface area contributed by atoms with Gasteiger partial charge in [-0.1, -0.05) is 36.4 Å². The minimum Gasteiger partial charge on any atom is -0.393 e. The third-order valence-electron chi connectivity index (χ3n) is 5.32. The Morgan fingerprint density at radius 2 is 1.90 bits per heavy atom. The number of morpholine rings is 1. The summed E-state index contributed by atoms with van der Waals surface area (Å²) in [7, 11) is 0. The molecule has 2 heterocycles. The van der Waals surface area contributed by atoms with E-state index in [1.807, 2.05) is 0 Å². The molecule has 0 unspecified atom stereocenters. The fourth-order valence-electron chi connectivity index (χ4n) is 3.78. The number of hydrogen-bond acceptors (Lipinski definition) is 7. The highest BCUT2D eigenvalue weighted by atomic mass is 16.5. The Kier molecular flexibility index (Phi) is 6.07. The van der Waals surface area contributed by atoms with Crippen molar-refractivity contribution in [3.05, 3.63) is 48.8 Å². The van der Waals surface area contributed by atoms with Crippen molar-refractivity contribution in [2.24, 2.45) is 0 Å². The zero-order chi connectivity index (χ0) is 20.1. The Balaban J connectivity index is 1.56. The smallest absolute Gasteiger partial charge is 0.161 e. The standard InChI is InChI=1S/C22H28N6O/c1-2-28(19-9-5-7-17-6-3-4-8-18(17)19)22-20(23)21(25-16-26-22)24-10-11-27-12-14-29-15-13-27/h3-9,16H,2,10-15,23H2,1H3,(H,24,25,26). The van der Waals surface area contributed by atoms with Crippen molar-refractivity contribution < 1.29 is 4.74 Å². The van der Waals surface area contributed by atoms with Crippen molar-refractivity contribution in [2.45, 2.75) is 6.92 Å². The van der Waals surface area contributed by atoms with Crippen LogP contribution in [0.25, 0.3) is 10.8 Å². The van der Waals surface area contributed by atoms with Crippen LogP contribution in [0.1, 0.15) is 6.92 Å². The second kappa shape index (κ2) is 9.07. The maximum Gasteiger partial charge on any atom is 0.161 e. The first kappa shape index (κ1) is 19.4. The fraction of sp³-hybridized carbons (Fsp3) is 0.364. The number of aromatic nitrogens is 2. The number of nitrogens with one attached hydrogen (secondary N) is 1. The Bertz CT molecular complexity index is 952. The van der Waals surface area contributed by atoms with E-state index in [2.05, 4.69) is 74.5 Å². The number of nitrogens with zero attached hydrogens (tertiary/aromatic N) is 4. The molecule has 0 spiro atoms. The molecule has 3 aromatic rings. The molecule has 1 saturated heterocycles. The summed E-state index contributed by atoms with van der Waals surface area (Å²) in [6.45, 7) is 8.11. The lowest BCUT2D eigenvalue weighted by Crippen LogP contribution is -2.39. The van der Waals surface area contributed by atoms with E-state index in [-0.39, 0.29) is 0 Å². The number of nitrogen functional groups attached to an aromatic ring is 1. The van der Waals surface area contributed by atoms with Crippen molar-refractivity contribution in [2.75, 3.05) is 61.9 Å². The van der Waals surface area contributed by atoms with Crippen LogP contribution in [0.3, 0.4) is 0 Å². The summed E-state index contributed by atoms with van der Waals surface area (Å²) in [5, 5.41) is 5.75. The molecule has 7 heteroatoms. The second-order valence-corrected chi connectivity index (χ2v) is 7.08. The molecule has 4 rings (SSSR count). The van der Waals surface area contributed by atoms with Gasteiger partial charge in [0.2, 0.25) is 0 Å². The van der Waals surface area contributed by atoms with Crippen LogP contribution in [-0.4, -0.2) is 60.8 Å². The zero-order valence-electron chi connectivity index (χ0n) is 16.8. The van der Waals surface area contributed by atoms with Crippen LogP contribution in [0.5, 0.6) is 0 Å². The molecule has 0 bridgehead atoms. The number of fused-ring (bicyclic) bond motifs is 1. The maximum absolute atomic E-state index is 6.50. The minimum atomic E-state index is 0.573. The Morgan fingerprint density at radius 3 is 2.72 bits per heavy atom. The average Bonchev–Trinajstić information content (AvgIpc) is 2.77. The van der Waals surface area contributed by atoms with Gasteiger partial charge in [-0.15, -0.1) is 0 Å². The molecule has 0 saturated carbocycles. The summed E-state index contributed by atoms with van der Waals surface area (Å²) in [4.78, 5) is 13.4.